The molecule has 1 aliphatic rings. The summed E-state index contributed by atoms with van der Waals surface area (Å²) in [6, 6.07) is 8.04. The fraction of sp³-hybridized carbons (Fsp3) is 0.312. The van der Waals surface area contributed by atoms with Crippen LogP contribution in [-0.4, -0.2) is 19.8 Å². The number of benzene rings is 1. The van der Waals surface area contributed by atoms with E-state index in [0.29, 0.717) is 16.8 Å². The topological polar surface area (TPSA) is 55.1 Å². The van der Waals surface area contributed by atoms with Gasteiger partial charge in [0.2, 0.25) is 0 Å². The largest absolute Gasteiger partial charge is 0.362 e. The monoisotopic (exact) mass is 331 g/mol. The molecule has 4 rings (SSSR count). The van der Waals surface area contributed by atoms with E-state index in [1.807, 2.05) is 19.1 Å². The smallest absolute Gasteiger partial charge is 0.178 e. The Morgan fingerprint density at radius 2 is 2.09 bits per heavy atom. The highest BCUT2D eigenvalue weighted by atomic mass is 35.5. The van der Waals surface area contributed by atoms with Gasteiger partial charge in [-0.25, -0.2) is 4.39 Å². The quantitative estimate of drug-likeness (QED) is 0.786. The summed E-state index contributed by atoms with van der Waals surface area (Å²) >= 11 is 6.12. The fourth-order valence-electron chi connectivity index (χ4n) is 2.63. The van der Waals surface area contributed by atoms with Crippen LogP contribution in [0, 0.1) is 5.82 Å². The predicted octanol–water partition coefficient (Wildman–Crippen LogP) is 3.97. The van der Waals surface area contributed by atoms with Crippen molar-refractivity contribution in [2.45, 2.75) is 31.7 Å². The maximum absolute atomic E-state index is 13.2. The summed E-state index contributed by atoms with van der Waals surface area (Å²) in [6.07, 6.45) is 2.28. The number of nitrogens with one attached hydrogen (secondary N) is 1. The molecule has 3 aromatic rings. The lowest BCUT2D eigenvalue weighted by Crippen LogP contribution is -2.10. The first-order chi connectivity index (χ1) is 11.1. The SMILES string of the molecule is CC(Nc1ccc2nnc(C3CC3)n2n1)c1ccc(F)cc1Cl. The van der Waals surface area contributed by atoms with Gasteiger partial charge in [-0.2, -0.15) is 4.52 Å². The van der Waals surface area contributed by atoms with E-state index in [2.05, 4.69) is 20.6 Å². The summed E-state index contributed by atoms with van der Waals surface area (Å²) in [4.78, 5) is 0. The highest BCUT2D eigenvalue weighted by molar-refractivity contribution is 6.31. The molecule has 1 unspecified atom stereocenters. The number of halogens is 2. The fourth-order valence-corrected chi connectivity index (χ4v) is 2.96. The van der Waals surface area contributed by atoms with Crippen molar-refractivity contribution in [3.8, 4) is 0 Å². The van der Waals surface area contributed by atoms with Crippen LogP contribution in [0.4, 0.5) is 10.2 Å². The molecule has 0 amide bonds. The lowest BCUT2D eigenvalue weighted by molar-refractivity contribution is 0.626. The van der Waals surface area contributed by atoms with Crippen LogP contribution in [0.2, 0.25) is 5.02 Å². The minimum atomic E-state index is -0.343. The van der Waals surface area contributed by atoms with E-state index in [0.717, 1.165) is 29.9 Å². The Morgan fingerprint density at radius 3 is 2.83 bits per heavy atom. The first kappa shape index (κ1) is 14.4. The van der Waals surface area contributed by atoms with Gasteiger partial charge in [0.05, 0.1) is 6.04 Å². The van der Waals surface area contributed by atoms with E-state index >= 15 is 0 Å². The zero-order valence-electron chi connectivity index (χ0n) is 12.5. The Balaban J connectivity index is 1.62. The van der Waals surface area contributed by atoms with Crippen molar-refractivity contribution in [3.63, 3.8) is 0 Å². The molecule has 2 heterocycles. The van der Waals surface area contributed by atoms with Crippen LogP contribution in [0.15, 0.2) is 30.3 Å². The Bertz CT molecular complexity index is 874. The standard InChI is InChI=1S/C16H15ClFN5/c1-9(12-5-4-11(18)8-13(12)17)19-14-6-7-15-20-21-16(10-2-3-10)23(15)22-14/h4-10H,2-3H2,1H3,(H,19,22). The summed E-state index contributed by atoms with van der Waals surface area (Å²) in [5, 5.41) is 16.6. The van der Waals surface area contributed by atoms with E-state index in [4.69, 9.17) is 11.6 Å². The van der Waals surface area contributed by atoms with Crippen molar-refractivity contribution in [2.24, 2.45) is 0 Å². The zero-order valence-corrected chi connectivity index (χ0v) is 13.3. The van der Waals surface area contributed by atoms with Gasteiger partial charge in [0.1, 0.15) is 11.6 Å². The Labute approximate surface area is 137 Å². The second kappa shape index (κ2) is 5.45. The minimum absolute atomic E-state index is 0.103. The molecule has 7 heteroatoms. The van der Waals surface area contributed by atoms with Crippen LogP contribution in [0.1, 0.15) is 43.1 Å². The van der Waals surface area contributed by atoms with E-state index in [9.17, 15) is 4.39 Å². The molecule has 2 aromatic heterocycles. The molecule has 1 fully saturated rings. The summed E-state index contributed by atoms with van der Waals surface area (Å²) in [5.41, 5.74) is 1.56. The van der Waals surface area contributed by atoms with Gasteiger partial charge >= 0.3 is 0 Å². The highest BCUT2D eigenvalue weighted by Gasteiger charge is 2.29. The summed E-state index contributed by atoms with van der Waals surface area (Å²) < 4.78 is 15.0. The highest BCUT2D eigenvalue weighted by Crippen LogP contribution is 2.38. The van der Waals surface area contributed by atoms with Crippen molar-refractivity contribution in [2.75, 3.05) is 5.32 Å². The first-order valence-corrected chi connectivity index (χ1v) is 7.93. The molecule has 0 spiro atoms. The molecule has 1 N–H and O–H groups in total. The minimum Gasteiger partial charge on any atom is -0.362 e. The molecule has 1 aliphatic carbocycles. The number of rotatable bonds is 4. The third-order valence-electron chi connectivity index (χ3n) is 4.02. The number of nitrogens with zero attached hydrogens (tertiary/aromatic N) is 4. The van der Waals surface area contributed by atoms with Crippen LogP contribution < -0.4 is 5.32 Å². The van der Waals surface area contributed by atoms with Crippen molar-refractivity contribution >= 4 is 23.1 Å². The van der Waals surface area contributed by atoms with Crippen molar-refractivity contribution < 1.29 is 4.39 Å². The third kappa shape index (κ3) is 2.74. The number of hydrogen-bond acceptors (Lipinski definition) is 4. The lowest BCUT2D eigenvalue weighted by Gasteiger charge is -2.16. The second-order valence-corrected chi connectivity index (χ2v) is 6.26. The predicted molar refractivity (Wildman–Crippen MR) is 86.2 cm³/mol. The maximum atomic E-state index is 13.2. The number of hydrogen-bond donors (Lipinski definition) is 1. The van der Waals surface area contributed by atoms with E-state index in [1.165, 1.54) is 12.1 Å². The number of fused-ring (bicyclic) bond motifs is 1. The van der Waals surface area contributed by atoms with Crippen molar-refractivity contribution in [3.05, 3.63) is 52.6 Å². The first-order valence-electron chi connectivity index (χ1n) is 7.55. The van der Waals surface area contributed by atoms with Gasteiger partial charge in [-0.3, -0.25) is 0 Å². The van der Waals surface area contributed by atoms with Crippen molar-refractivity contribution in [1.29, 1.82) is 0 Å². The molecule has 1 atom stereocenters. The molecule has 0 bridgehead atoms. The number of aromatic nitrogens is 4. The summed E-state index contributed by atoms with van der Waals surface area (Å²) in [7, 11) is 0. The molecule has 1 aromatic carbocycles. The molecular formula is C16H15ClFN5. The Morgan fingerprint density at radius 1 is 1.26 bits per heavy atom. The van der Waals surface area contributed by atoms with Gasteiger partial charge in [-0.1, -0.05) is 17.7 Å². The third-order valence-corrected chi connectivity index (χ3v) is 4.35. The molecular weight excluding hydrogens is 317 g/mol. The maximum Gasteiger partial charge on any atom is 0.178 e. The summed E-state index contributed by atoms with van der Waals surface area (Å²) in [5.74, 6) is 1.74. The summed E-state index contributed by atoms with van der Waals surface area (Å²) in [6.45, 7) is 1.96. The van der Waals surface area contributed by atoms with Gasteiger partial charge in [-0.05, 0) is 49.6 Å². The van der Waals surface area contributed by atoms with Gasteiger partial charge < -0.3 is 5.32 Å². The molecule has 118 valence electrons. The van der Waals surface area contributed by atoms with E-state index < -0.39 is 0 Å². The zero-order chi connectivity index (χ0) is 16.0. The van der Waals surface area contributed by atoms with Gasteiger partial charge in [-0.15, -0.1) is 15.3 Å². The van der Waals surface area contributed by atoms with E-state index in [-0.39, 0.29) is 11.9 Å². The Hall–Kier alpha value is -2.21. The second-order valence-electron chi connectivity index (χ2n) is 5.85. The van der Waals surface area contributed by atoms with Crippen LogP contribution in [-0.2, 0) is 0 Å². The average molecular weight is 332 g/mol. The molecule has 23 heavy (non-hydrogen) atoms. The number of anilines is 1. The molecule has 0 radical (unpaired) electrons. The lowest BCUT2D eigenvalue weighted by atomic mass is 10.1. The Kier molecular flexibility index (Phi) is 3.41. The normalized spacial score (nSPS) is 15.8. The van der Waals surface area contributed by atoms with E-state index in [1.54, 1.807) is 10.6 Å². The van der Waals surface area contributed by atoms with Crippen LogP contribution in [0.25, 0.3) is 5.65 Å². The van der Waals surface area contributed by atoms with Crippen LogP contribution in [0.3, 0.4) is 0 Å². The van der Waals surface area contributed by atoms with Gasteiger partial charge in [0.25, 0.3) is 0 Å². The molecule has 0 saturated heterocycles. The van der Waals surface area contributed by atoms with Crippen LogP contribution >= 0.6 is 11.6 Å². The molecule has 5 nitrogen and oxygen atoms in total. The molecule has 1 saturated carbocycles. The van der Waals surface area contributed by atoms with Gasteiger partial charge in [0.15, 0.2) is 11.5 Å². The van der Waals surface area contributed by atoms with Crippen molar-refractivity contribution in [1.82, 2.24) is 19.8 Å². The van der Waals surface area contributed by atoms with Crippen LogP contribution in [0.5, 0.6) is 0 Å². The van der Waals surface area contributed by atoms with Gasteiger partial charge in [0, 0.05) is 10.9 Å². The average Bonchev–Trinajstić information content (AvgIpc) is 3.27. The molecule has 0 aliphatic heterocycles.